The van der Waals surface area contributed by atoms with Crippen molar-refractivity contribution in [1.82, 2.24) is 0 Å². The number of nitro groups is 1. The molecule has 0 aromatic heterocycles. The lowest BCUT2D eigenvalue weighted by Crippen LogP contribution is -2.48. The van der Waals surface area contributed by atoms with Crippen LogP contribution in [0.4, 0.5) is 11.4 Å². The molecule has 1 saturated heterocycles. The Bertz CT molecular complexity index is 1740. The highest BCUT2D eigenvalue weighted by atomic mass is 16.6. The molecule has 1 fully saturated rings. The first kappa shape index (κ1) is 23.9. The van der Waals surface area contributed by atoms with E-state index in [0.29, 0.717) is 22.3 Å². The van der Waals surface area contributed by atoms with Crippen molar-refractivity contribution in [3.63, 3.8) is 0 Å². The quantitative estimate of drug-likeness (QED) is 0.142. The van der Waals surface area contributed by atoms with Crippen molar-refractivity contribution in [3.8, 4) is 0 Å². The average Bonchev–Trinajstić information content (AvgIpc) is 3.43. The summed E-state index contributed by atoms with van der Waals surface area (Å²) in [6.07, 6.45) is 3.73. The van der Waals surface area contributed by atoms with E-state index in [1.807, 2.05) is 47.4 Å². The Morgan fingerprint density at radius 2 is 1.45 bits per heavy atom. The van der Waals surface area contributed by atoms with E-state index in [0.717, 1.165) is 11.3 Å². The average molecular weight is 527 g/mol. The second-order valence-electron chi connectivity index (χ2n) is 10.3. The van der Waals surface area contributed by atoms with E-state index in [1.54, 1.807) is 60.7 Å². The number of nitro benzene ring substituents is 1. The molecule has 7 rings (SSSR count). The molecule has 0 unspecified atom stereocenters. The van der Waals surface area contributed by atoms with Crippen LogP contribution in [-0.2, 0) is 0 Å². The van der Waals surface area contributed by atoms with Crippen LogP contribution in [0.15, 0.2) is 109 Å². The van der Waals surface area contributed by atoms with Gasteiger partial charge in [-0.25, -0.2) is 0 Å². The minimum atomic E-state index is -1.70. The zero-order chi connectivity index (χ0) is 27.6. The molecular weight excluding hydrogens is 504 g/mol. The number of para-hydroxylation sites is 1. The summed E-state index contributed by atoms with van der Waals surface area (Å²) in [6.45, 7) is 0. The molecule has 4 aromatic carbocycles. The summed E-state index contributed by atoms with van der Waals surface area (Å²) in [5.41, 5.74) is 1.17. The summed E-state index contributed by atoms with van der Waals surface area (Å²) in [5, 5.41) is 11.8. The number of anilines is 1. The minimum Gasteiger partial charge on any atom is -0.352 e. The van der Waals surface area contributed by atoms with Gasteiger partial charge in [0.15, 0.2) is 17.3 Å². The summed E-state index contributed by atoms with van der Waals surface area (Å²) in [4.78, 5) is 56.9. The lowest BCUT2D eigenvalue weighted by molar-refractivity contribution is -0.384. The highest BCUT2D eigenvalue weighted by Crippen LogP contribution is 2.61. The van der Waals surface area contributed by atoms with Gasteiger partial charge >= 0.3 is 0 Å². The lowest BCUT2D eigenvalue weighted by Gasteiger charge is -2.37. The molecule has 0 N–H and O–H groups in total. The van der Waals surface area contributed by atoms with Gasteiger partial charge in [-0.2, -0.15) is 0 Å². The number of benzene rings is 4. The Balaban J connectivity index is 1.56. The van der Waals surface area contributed by atoms with Crippen LogP contribution in [0.5, 0.6) is 0 Å². The van der Waals surface area contributed by atoms with Gasteiger partial charge in [-0.1, -0.05) is 97.1 Å². The molecule has 0 amide bonds. The maximum Gasteiger partial charge on any atom is 0.269 e. The topological polar surface area (TPSA) is 97.6 Å². The summed E-state index contributed by atoms with van der Waals surface area (Å²) < 4.78 is 0. The van der Waals surface area contributed by atoms with Crippen LogP contribution < -0.4 is 4.90 Å². The number of ketones is 3. The Morgan fingerprint density at radius 1 is 0.800 bits per heavy atom. The number of rotatable bonds is 4. The smallest absolute Gasteiger partial charge is 0.269 e. The van der Waals surface area contributed by atoms with E-state index in [1.165, 1.54) is 12.1 Å². The normalized spacial score (nSPS) is 21.7. The number of Topliss-reactive ketones (excluding diaryl/α,β-unsaturated/α-hetero) is 3. The second kappa shape index (κ2) is 8.68. The molecule has 2 heterocycles. The van der Waals surface area contributed by atoms with Crippen LogP contribution in [0.1, 0.15) is 48.1 Å². The molecule has 1 aliphatic carbocycles. The van der Waals surface area contributed by atoms with E-state index < -0.39 is 28.3 Å². The molecule has 7 heteroatoms. The van der Waals surface area contributed by atoms with Crippen molar-refractivity contribution in [2.45, 2.75) is 18.0 Å². The van der Waals surface area contributed by atoms with Crippen LogP contribution in [0.2, 0.25) is 0 Å². The van der Waals surface area contributed by atoms with Crippen molar-refractivity contribution in [3.05, 3.63) is 147 Å². The number of fused-ring (bicyclic) bond motifs is 5. The Morgan fingerprint density at radius 3 is 2.15 bits per heavy atom. The van der Waals surface area contributed by atoms with E-state index in [2.05, 4.69) is 0 Å². The molecule has 194 valence electrons. The summed E-state index contributed by atoms with van der Waals surface area (Å²) >= 11 is 0. The lowest BCUT2D eigenvalue weighted by atomic mass is 9.64. The third-order valence-corrected chi connectivity index (χ3v) is 8.48. The fourth-order valence-electron chi connectivity index (χ4n) is 6.90. The zero-order valence-corrected chi connectivity index (χ0v) is 21.1. The Hall–Kier alpha value is -5.17. The molecule has 40 heavy (non-hydrogen) atoms. The highest BCUT2D eigenvalue weighted by Gasteiger charge is 2.71. The van der Waals surface area contributed by atoms with Crippen molar-refractivity contribution >= 4 is 34.8 Å². The molecule has 0 saturated carbocycles. The maximum atomic E-state index is 14.6. The van der Waals surface area contributed by atoms with Gasteiger partial charge in [0.2, 0.25) is 0 Å². The first-order valence-electron chi connectivity index (χ1n) is 13.0. The van der Waals surface area contributed by atoms with Crippen LogP contribution in [0, 0.1) is 15.5 Å². The zero-order valence-electron chi connectivity index (χ0n) is 21.1. The maximum absolute atomic E-state index is 14.6. The predicted molar refractivity (Wildman–Crippen MR) is 150 cm³/mol. The van der Waals surface area contributed by atoms with Gasteiger partial charge < -0.3 is 4.90 Å². The highest BCUT2D eigenvalue weighted by molar-refractivity contribution is 6.32. The van der Waals surface area contributed by atoms with Crippen molar-refractivity contribution < 1.29 is 19.3 Å². The van der Waals surface area contributed by atoms with Gasteiger partial charge in [-0.3, -0.25) is 24.5 Å². The standard InChI is InChI=1S/C33H22N2O5/c36-30(21-10-2-1-3-11-21)29-28(22-12-8-13-23(19-22)35(39)40)33(31(37)24-14-5-6-15-25(24)32(33)38)27-18-17-20-9-4-7-16-26(20)34(27)29/h1-19,27-29H/t27-,28+,29-/m1/s1. The van der Waals surface area contributed by atoms with Crippen LogP contribution in [-0.4, -0.2) is 34.4 Å². The van der Waals surface area contributed by atoms with Gasteiger partial charge in [-0.05, 0) is 17.2 Å². The third-order valence-electron chi connectivity index (χ3n) is 8.48. The number of non-ortho nitro benzene ring substituents is 1. The summed E-state index contributed by atoms with van der Waals surface area (Å²) in [7, 11) is 0. The molecule has 3 aliphatic rings. The Labute approximate surface area is 229 Å². The fourth-order valence-corrected chi connectivity index (χ4v) is 6.90. The fraction of sp³-hybridized carbons (Fsp3) is 0.121. The number of hydrogen-bond acceptors (Lipinski definition) is 6. The first-order valence-corrected chi connectivity index (χ1v) is 13.0. The Kier molecular flexibility index (Phi) is 5.19. The van der Waals surface area contributed by atoms with Crippen LogP contribution in [0.25, 0.3) is 6.08 Å². The molecule has 0 radical (unpaired) electrons. The van der Waals surface area contributed by atoms with E-state index in [4.69, 9.17) is 0 Å². The van der Waals surface area contributed by atoms with Gasteiger partial charge in [0.25, 0.3) is 5.69 Å². The number of nitrogens with zero attached hydrogens (tertiary/aromatic N) is 2. The molecular formula is C33H22N2O5. The summed E-state index contributed by atoms with van der Waals surface area (Å²) in [6, 6.07) is 27.3. The van der Waals surface area contributed by atoms with E-state index in [-0.39, 0.29) is 23.0 Å². The molecule has 1 spiro atoms. The predicted octanol–water partition coefficient (Wildman–Crippen LogP) is 5.91. The molecule has 4 aromatic rings. The summed E-state index contributed by atoms with van der Waals surface area (Å²) in [5.74, 6) is -1.99. The number of hydrogen-bond donors (Lipinski definition) is 0. The second-order valence-corrected chi connectivity index (χ2v) is 10.3. The number of carbonyl (C=O) groups is 3. The van der Waals surface area contributed by atoms with Crippen LogP contribution >= 0.6 is 0 Å². The van der Waals surface area contributed by atoms with Gasteiger partial charge in [0.05, 0.1) is 11.0 Å². The molecule has 7 nitrogen and oxygen atoms in total. The van der Waals surface area contributed by atoms with Crippen molar-refractivity contribution in [2.75, 3.05) is 4.90 Å². The SMILES string of the molecule is O=C(c1ccccc1)[C@H]1[C@H](c2cccc([N+](=O)[O-])c2)C2(C(=O)c3ccccc3C2=O)[C@H]2C=Cc3ccccc3N12. The molecule has 0 bridgehead atoms. The van der Waals surface area contributed by atoms with E-state index >= 15 is 0 Å². The van der Waals surface area contributed by atoms with Gasteiger partial charge in [0, 0.05) is 40.4 Å². The first-order chi connectivity index (χ1) is 19.4. The van der Waals surface area contributed by atoms with Crippen molar-refractivity contribution in [1.29, 1.82) is 0 Å². The molecule has 3 atom stereocenters. The third kappa shape index (κ3) is 3.09. The van der Waals surface area contributed by atoms with Gasteiger partial charge in [-0.15, -0.1) is 0 Å². The largest absolute Gasteiger partial charge is 0.352 e. The monoisotopic (exact) mass is 526 g/mol. The van der Waals surface area contributed by atoms with Gasteiger partial charge in [0.1, 0.15) is 11.5 Å². The number of carbonyl (C=O) groups excluding carboxylic acids is 3. The van der Waals surface area contributed by atoms with Crippen LogP contribution in [0.3, 0.4) is 0 Å². The van der Waals surface area contributed by atoms with Crippen molar-refractivity contribution in [2.24, 2.45) is 5.41 Å². The molecule has 2 aliphatic heterocycles. The van der Waals surface area contributed by atoms with E-state index in [9.17, 15) is 24.5 Å². The minimum absolute atomic E-state index is 0.171.